The highest BCUT2D eigenvalue weighted by Crippen LogP contribution is 2.60. The summed E-state index contributed by atoms with van der Waals surface area (Å²) in [6, 6.07) is 8.55. The second-order valence-corrected chi connectivity index (χ2v) is 13.0. The number of amides is 3. The molecule has 1 spiro atoms. The molecule has 8 nitrogen and oxygen atoms in total. The summed E-state index contributed by atoms with van der Waals surface area (Å²) in [5.41, 5.74) is -0.366. The molecule has 3 aliphatic rings. The number of carbonyl (C=O) groups is 3. The molecule has 1 N–H and O–H groups in total. The maximum atomic E-state index is 14.6. The lowest BCUT2D eigenvalue weighted by Crippen LogP contribution is -2.58. The van der Waals surface area contributed by atoms with E-state index in [1.165, 1.54) is 0 Å². The van der Waals surface area contributed by atoms with Crippen LogP contribution in [0.2, 0.25) is 0 Å². The van der Waals surface area contributed by atoms with Crippen molar-refractivity contribution in [2.75, 3.05) is 31.1 Å². The van der Waals surface area contributed by atoms with Gasteiger partial charge in [0.2, 0.25) is 17.7 Å². The molecule has 9 heteroatoms. The first-order valence-electron chi connectivity index (χ1n) is 15.4. The van der Waals surface area contributed by atoms with Crippen LogP contribution < -0.4 is 4.90 Å². The number of fused-ring (bicyclic) bond motifs is 1. The Bertz CT molecular complexity index is 1130. The summed E-state index contributed by atoms with van der Waals surface area (Å²) in [5, 5.41) is 9.21. The molecular formula is C33H46BrN3O5. The fourth-order valence-corrected chi connectivity index (χ4v) is 8.22. The van der Waals surface area contributed by atoms with E-state index in [-0.39, 0.29) is 35.2 Å². The van der Waals surface area contributed by atoms with Crippen LogP contribution in [0.5, 0.6) is 0 Å². The topological polar surface area (TPSA) is 90.4 Å². The van der Waals surface area contributed by atoms with Gasteiger partial charge in [0.1, 0.15) is 11.6 Å². The molecule has 0 saturated carbocycles. The van der Waals surface area contributed by atoms with Crippen LogP contribution in [-0.2, 0) is 19.1 Å². The first-order valence-corrected chi connectivity index (χ1v) is 16.3. The monoisotopic (exact) mass is 643 g/mol. The Hall–Kier alpha value is -2.49. The summed E-state index contributed by atoms with van der Waals surface area (Å²) >= 11 is 3.79. The third-order valence-electron chi connectivity index (χ3n) is 9.11. The number of carbonyl (C=O) groups excluding carboxylic acids is 3. The Labute approximate surface area is 258 Å². The zero-order valence-corrected chi connectivity index (χ0v) is 26.6. The van der Waals surface area contributed by atoms with Gasteiger partial charge in [-0.1, -0.05) is 72.5 Å². The summed E-state index contributed by atoms with van der Waals surface area (Å²) in [4.78, 5) is 48.4. The molecule has 3 aliphatic heterocycles. The Kier molecular flexibility index (Phi) is 11.1. The molecule has 4 unspecified atom stereocenters. The number of para-hydroxylation sites is 1. The summed E-state index contributed by atoms with van der Waals surface area (Å²) in [7, 11) is 0. The van der Waals surface area contributed by atoms with Crippen molar-refractivity contribution in [2.24, 2.45) is 11.8 Å². The van der Waals surface area contributed by atoms with E-state index in [1.807, 2.05) is 42.2 Å². The number of nitrogens with zero attached hydrogens (tertiary/aromatic N) is 3. The fourth-order valence-electron chi connectivity index (χ4n) is 7.28. The van der Waals surface area contributed by atoms with Gasteiger partial charge in [-0.05, 0) is 44.7 Å². The van der Waals surface area contributed by atoms with E-state index in [0.29, 0.717) is 38.9 Å². The lowest BCUT2D eigenvalue weighted by Gasteiger charge is -2.39. The van der Waals surface area contributed by atoms with Gasteiger partial charge in [0.25, 0.3) is 0 Å². The predicted octanol–water partition coefficient (Wildman–Crippen LogP) is 4.71. The first kappa shape index (κ1) is 32.4. The maximum Gasteiger partial charge on any atom is 0.248 e. The van der Waals surface area contributed by atoms with Crippen LogP contribution in [-0.4, -0.2) is 87.5 Å². The van der Waals surface area contributed by atoms with Crippen molar-refractivity contribution < 1.29 is 24.2 Å². The van der Waals surface area contributed by atoms with Gasteiger partial charge in [-0.25, -0.2) is 0 Å². The molecule has 4 rings (SSSR count). The summed E-state index contributed by atoms with van der Waals surface area (Å²) < 4.78 is 6.75. The Morgan fingerprint density at radius 3 is 2.48 bits per heavy atom. The van der Waals surface area contributed by atoms with Crippen LogP contribution in [0, 0.1) is 11.8 Å². The Morgan fingerprint density at radius 2 is 1.83 bits per heavy atom. The SMILES string of the molecule is C=CCN(C(=O)[C@H]1[C@H]2C(=O)N(CCCCCCO)C(C(=O)N(CC=C)C(C)CCC)C23CC(Br)[C@@H]1O3)c1ccccc1. The predicted molar refractivity (Wildman–Crippen MR) is 168 cm³/mol. The van der Waals surface area contributed by atoms with E-state index < -0.39 is 29.6 Å². The summed E-state index contributed by atoms with van der Waals surface area (Å²) in [6.07, 6.45) is 8.21. The molecular weight excluding hydrogens is 598 g/mol. The van der Waals surface area contributed by atoms with Crippen LogP contribution >= 0.6 is 15.9 Å². The molecule has 42 heavy (non-hydrogen) atoms. The molecule has 3 amide bonds. The normalized spacial score (nSPS) is 28.4. The van der Waals surface area contributed by atoms with E-state index in [9.17, 15) is 19.5 Å². The average molecular weight is 645 g/mol. The second kappa shape index (κ2) is 14.3. The minimum atomic E-state index is -1.10. The fraction of sp³-hybridized carbons (Fsp3) is 0.606. The number of rotatable bonds is 16. The second-order valence-electron chi connectivity index (χ2n) is 11.8. The van der Waals surface area contributed by atoms with Gasteiger partial charge < -0.3 is 24.5 Å². The zero-order valence-electron chi connectivity index (χ0n) is 25.0. The van der Waals surface area contributed by atoms with Gasteiger partial charge in [-0.2, -0.15) is 0 Å². The molecule has 3 heterocycles. The van der Waals surface area contributed by atoms with Crippen LogP contribution in [0.25, 0.3) is 0 Å². The van der Waals surface area contributed by atoms with Crippen LogP contribution in [0.15, 0.2) is 55.6 Å². The number of hydrogen-bond donors (Lipinski definition) is 1. The molecule has 1 aromatic rings. The number of alkyl halides is 1. The van der Waals surface area contributed by atoms with Crippen molar-refractivity contribution >= 4 is 39.3 Å². The molecule has 1 aromatic carbocycles. The number of benzene rings is 1. The summed E-state index contributed by atoms with van der Waals surface area (Å²) in [5.74, 6) is -1.98. The van der Waals surface area contributed by atoms with Crippen molar-refractivity contribution in [3.63, 3.8) is 0 Å². The largest absolute Gasteiger partial charge is 0.396 e. The lowest BCUT2D eigenvalue weighted by molar-refractivity contribution is -0.149. The first-order chi connectivity index (χ1) is 20.3. The molecule has 0 aromatic heterocycles. The van der Waals surface area contributed by atoms with Gasteiger partial charge in [0, 0.05) is 42.8 Å². The number of ether oxygens (including phenoxy) is 1. The number of aliphatic hydroxyl groups is 1. The molecule has 230 valence electrons. The third-order valence-corrected chi connectivity index (χ3v) is 9.95. The van der Waals surface area contributed by atoms with E-state index in [1.54, 1.807) is 22.0 Å². The Morgan fingerprint density at radius 1 is 1.14 bits per heavy atom. The van der Waals surface area contributed by atoms with Gasteiger partial charge in [0.15, 0.2) is 0 Å². The molecule has 2 bridgehead atoms. The number of hydrogen-bond acceptors (Lipinski definition) is 5. The zero-order chi connectivity index (χ0) is 30.4. The molecule has 0 aliphatic carbocycles. The van der Waals surface area contributed by atoms with Crippen molar-refractivity contribution in [3.05, 3.63) is 55.6 Å². The lowest BCUT2D eigenvalue weighted by atomic mass is 9.70. The highest BCUT2D eigenvalue weighted by atomic mass is 79.9. The number of likely N-dealkylation sites (tertiary alicyclic amines) is 1. The molecule has 0 radical (unpaired) electrons. The van der Waals surface area contributed by atoms with Crippen molar-refractivity contribution in [2.45, 2.75) is 87.4 Å². The van der Waals surface area contributed by atoms with Crippen molar-refractivity contribution in [3.8, 4) is 0 Å². The van der Waals surface area contributed by atoms with E-state index in [4.69, 9.17) is 4.74 Å². The maximum absolute atomic E-state index is 14.6. The molecule has 3 saturated heterocycles. The molecule has 3 fully saturated rings. The smallest absolute Gasteiger partial charge is 0.248 e. The number of halogens is 1. The molecule has 7 atom stereocenters. The standard InChI is InChI=1S/C33H46BrN3O5/c1-5-15-23(4)35(18-6-2)32(41)29-33-22-25(34)28(42-33)26(27(33)31(40)37(29)20-13-8-9-14-21-38)30(39)36(19-7-3)24-16-11-10-12-17-24/h6-7,10-12,16-17,23,25-29,38H,2-3,5,8-9,13-15,18-22H2,1,4H3/t23?,25?,26-,27-,28-,29?,33?/m0/s1. The minimum absolute atomic E-state index is 0.0329. The van der Waals surface area contributed by atoms with Gasteiger partial charge in [-0.15, -0.1) is 13.2 Å². The third kappa shape index (κ3) is 5.97. The van der Waals surface area contributed by atoms with Crippen LogP contribution in [0.4, 0.5) is 5.69 Å². The number of anilines is 1. The number of aliphatic hydroxyl groups excluding tert-OH is 1. The Balaban J connectivity index is 1.74. The number of unbranched alkanes of at least 4 members (excludes halogenated alkanes) is 3. The van der Waals surface area contributed by atoms with E-state index in [0.717, 1.165) is 31.4 Å². The summed E-state index contributed by atoms with van der Waals surface area (Å²) in [6.45, 7) is 13.1. The van der Waals surface area contributed by atoms with Gasteiger partial charge in [-0.3, -0.25) is 14.4 Å². The van der Waals surface area contributed by atoms with E-state index >= 15 is 0 Å². The highest BCUT2D eigenvalue weighted by Gasteiger charge is 2.77. The van der Waals surface area contributed by atoms with Crippen molar-refractivity contribution in [1.29, 1.82) is 0 Å². The highest BCUT2D eigenvalue weighted by molar-refractivity contribution is 9.09. The van der Waals surface area contributed by atoms with E-state index in [2.05, 4.69) is 36.0 Å². The average Bonchev–Trinajstić information content (AvgIpc) is 3.57. The quantitative estimate of drug-likeness (QED) is 0.160. The van der Waals surface area contributed by atoms with Crippen LogP contribution in [0.3, 0.4) is 0 Å². The van der Waals surface area contributed by atoms with Gasteiger partial charge in [0.05, 0.1) is 17.9 Å². The minimum Gasteiger partial charge on any atom is -0.396 e. The van der Waals surface area contributed by atoms with Gasteiger partial charge >= 0.3 is 0 Å². The van der Waals surface area contributed by atoms with Crippen molar-refractivity contribution in [1.82, 2.24) is 9.80 Å². The van der Waals surface area contributed by atoms with Crippen LogP contribution in [0.1, 0.15) is 58.8 Å².